The van der Waals surface area contributed by atoms with Gasteiger partial charge in [0, 0.05) is 6.04 Å². The number of nitrogens with two attached hydrogens (primary N) is 1. The maximum absolute atomic E-state index is 6.43. The second-order valence-corrected chi connectivity index (χ2v) is 7.19. The molecule has 2 atom stereocenters. The molecule has 0 amide bonds. The van der Waals surface area contributed by atoms with Gasteiger partial charge in [-0.3, -0.25) is 0 Å². The molecule has 4 aliphatic carbocycles. The Bertz CT molecular complexity index is 445. The Labute approximate surface area is 110 Å². The summed E-state index contributed by atoms with van der Waals surface area (Å²) in [6, 6.07) is 9.84. The largest absolute Gasteiger partial charge is 0.327 e. The summed E-state index contributed by atoms with van der Waals surface area (Å²) in [6.07, 6.45) is 6.95. The second-order valence-electron chi connectivity index (χ2n) is 7.19. The molecule has 4 fully saturated rings. The van der Waals surface area contributed by atoms with Crippen LogP contribution in [0.3, 0.4) is 0 Å². The Balaban J connectivity index is 1.74. The summed E-state index contributed by atoms with van der Waals surface area (Å²) in [6.45, 7) is 2.18. The Hall–Kier alpha value is -0.820. The molecule has 5 rings (SSSR count). The van der Waals surface area contributed by atoms with Gasteiger partial charge in [-0.05, 0) is 67.8 Å². The van der Waals surface area contributed by atoms with Crippen LogP contribution in [0.4, 0.5) is 0 Å². The lowest BCUT2D eigenvalue weighted by Crippen LogP contribution is -2.58. The molecule has 0 radical (unpaired) electrons. The van der Waals surface area contributed by atoms with E-state index in [0.717, 1.165) is 17.8 Å². The van der Waals surface area contributed by atoms with Crippen molar-refractivity contribution >= 4 is 0 Å². The minimum atomic E-state index is 0.486. The first-order chi connectivity index (χ1) is 8.66. The minimum absolute atomic E-state index is 0.486. The summed E-state index contributed by atoms with van der Waals surface area (Å²) >= 11 is 0. The van der Waals surface area contributed by atoms with Crippen LogP contribution in [0.25, 0.3) is 0 Å². The molecule has 4 aliphatic rings. The van der Waals surface area contributed by atoms with Crippen LogP contribution in [-0.4, -0.2) is 6.04 Å². The highest BCUT2D eigenvalue weighted by atomic mass is 14.7. The third kappa shape index (κ3) is 1.43. The van der Waals surface area contributed by atoms with Gasteiger partial charge in [0.2, 0.25) is 0 Å². The molecule has 1 aromatic rings. The highest BCUT2D eigenvalue weighted by molar-refractivity contribution is 5.32. The third-order valence-corrected chi connectivity index (χ3v) is 6.01. The highest BCUT2D eigenvalue weighted by Gasteiger charge is 2.54. The van der Waals surface area contributed by atoms with Crippen LogP contribution < -0.4 is 5.73 Å². The fourth-order valence-electron chi connectivity index (χ4n) is 5.32. The van der Waals surface area contributed by atoms with Crippen molar-refractivity contribution in [2.24, 2.45) is 23.5 Å². The number of hydrogen-bond donors (Lipinski definition) is 1. The standard InChI is InChI=1S/C17H23N/c1-11-2-4-15(5-3-11)17-8-12-6-13(9-17)16(18)14(7-12)10-17/h2-5,12-14,16H,6-10,18H2,1H3. The SMILES string of the molecule is Cc1ccc(C23CC4CC(C2)C(N)C(C4)C3)cc1. The first-order valence-electron chi connectivity index (χ1n) is 7.49. The van der Waals surface area contributed by atoms with Gasteiger partial charge in [-0.2, -0.15) is 0 Å². The average Bonchev–Trinajstić information content (AvgIpc) is 2.35. The Morgan fingerprint density at radius 1 is 1.00 bits per heavy atom. The highest BCUT2D eigenvalue weighted by Crippen LogP contribution is 2.60. The molecule has 1 heteroatoms. The second kappa shape index (κ2) is 3.60. The van der Waals surface area contributed by atoms with Gasteiger partial charge < -0.3 is 5.73 Å². The lowest BCUT2D eigenvalue weighted by Gasteiger charge is -2.59. The van der Waals surface area contributed by atoms with Gasteiger partial charge >= 0.3 is 0 Å². The number of aryl methyl sites for hydroxylation is 1. The maximum Gasteiger partial charge on any atom is 0.00964 e. The van der Waals surface area contributed by atoms with E-state index in [1.807, 2.05) is 0 Å². The summed E-state index contributed by atoms with van der Waals surface area (Å²) in [7, 11) is 0. The fraction of sp³-hybridized carbons (Fsp3) is 0.647. The Morgan fingerprint density at radius 3 is 2.22 bits per heavy atom. The molecule has 1 aromatic carbocycles. The predicted molar refractivity (Wildman–Crippen MR) is 74.4 cm³/mol. The monoisotopic (exact) mass is 241 g/mol. The van der Waals surface area contributed by atoms with Crippen LogP contribution in [0.1, 0.15) is 43.2 Å². The predicted octanol–water partition coefficient (Wildman–Crippen LogP) is 3.40. The van der Waals surface area contributed by atoms with Gasteiger partial charge in [-0.1, -0.05) is 29.8 Å². The van der Waals surface area contributed by atoms with Crippen molar-refractivity contribution in [2.75, 3.05) is 0 Å². The Morgan fingerprint density at radius 2 is 1.61 bits per heavy atom. The van der Waals surface area contributed by atoms with E-state index >= 15 is 0 Å². The van der Waals surface area contributed by atoms with E-state index in [4.69, 9.17) is 5.73 Å². The van der Waals surface area contributed by atoms with Crippen molar-refractivity contribution in [3.05, 3.63) is 35.4 Å². The van der Waals surface area contributed by atoms with Gasteiger partial charge in [0.15, 0.2) is 0 Å². The van der Waals surface area contributed by atoms with Crippen molar-refractivity contribution in [2.45, 2.75) is 50.5 Å². The first kappa shape index (κ1) is 11.0. The normalized spacial score (nSPS) is 45.4. The zero-order chi connectivity index (χ0) is 12.3. The van der Waals surface area contributed by atoms with Crippen molar-refractivity contribution in [3.63, 3.8) is 0 Å². The summed E-state index contributed by atoms with van der Waals surface area (Å²) in [5.41, 5.74) is 9.89. The average molecular weight is 241 g/mol. The zero-order valence-electron chi connectivity index (χ0n) is 11.2. The van der Waals surface area contributed by atoms with E-state index in [1.54, 1.807) is 5.56 Å². The van der Waals surface area contributed by atoms with Gasteiger partial charge in [0.25, 0.3) is 0 Å². The summed E-state index contributed by atoms with van der Waals surface area (Å²) in [4.78, 5) is 0. The molecule has 0 spiro atoms. The molecule has 2 N–H and O–H groups in total. The molecule has 0 aromatic heterocycles. The van der Waals surface area contributed by atoms with E-state index in [0.29, 0.717) is 11.5 Å². The molecule has 0 saturated heterocycles. The summed E-state index contributed by atoms with van der Waals surface area (Å²) in [5, 5.41) is 0. The molecule has 4 bridgehead atoms. The smallest absolute Gasteiger partial charge is 0.00964 e. The van der Waals surface area contributed by atoms with Crippen LogP contribution in [0.2, 0.25) is 0 Å². The van der Waals surface area contributed by atoms with E-state index in [9.17, 15) is 0 Å². The molecule has 0 heterocycles. The minimum Gasteiger partial charge on any atom is -0.327 e. The van der Waals surface area contributed by atoms with E-state index in [1.165, 1.54) is 37.7 Å². The van der Waals surface area contributed by atoms with Crippen molar-refractivity contribution in [1.82, 2.24) is 0 Å². The summed E-state index contributed by atoms with van der Waals surface area (Å²) < 4.78 is 0. The lowest BCUT2D eigenvalue weighted by atomic mass is 9.46. The zero-order valence-corrected chi connectivity index (χ0v) is 11.2. The molecule has 96 valence electrons. The van der Waals surface area contributed by atoms with Crippen molar-refractivity contribution in [3.8, 4) is 0 Å². The number of benzene rings is 1. The van der Waals surface area contributed by atoms with Crippen molar-refractivity contribution in [1.29, 1.82) is 0 Å². The molecular weight excluding hydrogens is 218 g/mol. The lowest BCUT2D eigenvalue weighted by molar-refractivity contribution is -0.0226. The van der Waals surface area contributed by atoms with Crippen molar-refractivity contribution < 1.29 is 0 Å². The van der Waals surface area contributed by atoms with Crippen LogP contribution >= 0.6 is 0 Å². The van der Waals surface area contributed by atoms with Crippen LogP contribution in [0.5, 0.6) is 0 Å². The molecule has 0 aliphatic heterocycles. The van der Waals surface area contributed by atoms with Crippen LogP contribution in [0.15, 0.2) is 24.3 Å². The van der Waals surface area contributed by atoms with E-state index in [2.05, 4.69) is 31.2 Å². The van der Waals surface area contributed by atoms with Crippen LogP contribution in [0, 0.1) is 24.7 Å². The van der Waals surface area contributed by atoms with Crippen LogP contribution in [-0.2, 0) is 5.41 Å². The maximum atomic E-state index is 6.43. The third-order valence-electron chi connectivity index (χ3n) is 6.01. The topological polar surface area (TPSA) is 26.0 Å². The van der Waals surface area contributed by atoms with E-state index < -0.39 is 0 Å². The van der Waals surface area contributed by atoms with E-state index in [-0.39, 0.29) is 0 Å². The number of hydrogen-bond acceptors (Lipinski definition) is 1. The molecule has 4 saturated carbocycles. The molecule has 1 nitrogen and oxygen atoms in total. The molecule has 2 unspecified atom stereocenters. The summed E-state index contributed by atoms with van der Waals surface area (Å²) in [5.74, 6) is 2.57. The van der Waals surface area contributed by atoms with Gasteiger partial charge in [-0.15, -0.1) is 0 Å². The quantitative estimate of drug-likeness (QED) is 0.801. The van der Waals surface area contributed by atoms with Gasteiger partial charge in [-0.25, -0.2) is 0 Å². The Kier molecular flexibility index (Phi) is 2.21. The first-order valence-corrected chi connectivity index (χ1v) is 7.49. The van der Waals surface area contributed by atoms with Gasteiger partial charge in [0.1, 0.15) is 0 Å². The number of rotatable bonds is 1. The molecule has 18 heavy (non-hydrogen) atoms. The molecular formula is C17H23N. The van der Waals surface area contributed by atoms with Gasteiger partial charge in [0.05, 0.1) is 0 Å². The fourth-order valence-corrected chi connectivity index (χ4v) is 5.32.